The highest BCUT2D eigenvalue weighted by molar-refractivity contribution is 5.53. The van der Waals surface area contributed by atoms with Gasteiger partial charge in [-0.1, -0.05) is 6.07 Å². The van der Waals surface area contributed by atoms with Crippen molar-refractivity contribution in [3.8, 4) is 5.75 Å². The molecule has 0 heterocycles. The molecule has 0 spiro atoms. The van der Waals surface area contributed by atoms with E-state index in [4.69, 9.17) is 5.73 Å². The molecule has 3 N–H and O–H groups in total. The molecule has 0 bridgehead atoms. The summed E-state index contributed by atoms with van der Waals surface area (Å²) in [5.74, 6) is 0.280. The van der Waals surface area contributed by atoms with Crippen molar-refractivity contribution in [2.45, 2.75) is 19.4 Å². The van der Waals surface area contributed by atoms with E-state index in [0.29, 0.717) is 0 Å². The van der Waals surface area contributed by atoms with Crippen LogP contribution in [0.15, 0.2) is 18.2 Å². The van der Waals surface area contributed by atoms with Crippen LogP contribution in [0.4, 0.5) is 5.69 Å². The van der Waals surface area contributed by atoms with Gasteiger partial charge in [-0.05, 0) is 40.1 Å². The second-order valence-electron chi connectivity index (χ2n) is 5.11. The number of hydrogen-bond acceptors (Lipinski definition) is 4. The van der Waals surface area contributed by atoms with Gasteiger partial charge in [0.25, 0.3) is 0 Å². The maximum absolute atomic E-state index is 9.91. The van der Waals surface area contributed by atoms with Gasteiger partial charge < -0.3 is 20.6 Å². The number of phenolic OH excluding ortho intramolecular Hbond substituents is 1. The Bertz CT molecular complexity index is 377. The SMILES string of the molecule is CC(N)c1ccc(N(C)CCCN(C)C)cc1O. The van der Waals surface area contributed by atoms with Crippen molar-refractivity contribution >= 4 is 5.69 Å². The standard InChI is InChI=1S/C14H25N3O/c1-11(15)13-7-6-12(10-14(13)18)17(4)9-5-8-16(2)3/h6-7,10-11,18H,5,8-9,15H2,1-4H3. The zero-order valence-electron chi connectivity index (χ0n) is 11.8. The first-order valence-electron chi connectivity index (χ1n) is 6.36. The largest absolute Gasteiger partial charge is 0.508 e. The van der Waals surface area contributed by atoms with Crippen molar-refractivity contribution < 1.29 is 5.11 Å². The first kappa shape index (κ1) is 14.8. The number of phenols is 1. The normalized spacial score (nSPS) is 12.8. The molecular formula is C14H25N3O. The number of nitrogens with two attached hydrogens (primary N) is 1. The molecule has 1 atom stereocenters. The number of benzene rings is 1. The highest BCUT2D eigenvalue weighted by atomic mass is 16.3. The molecular weight excluding hydrogens is 226 g/mol. The molecule has 0 saturated heterocycles. The third-order valence-electron chi connectivity index (χ3n) is 3.04. The maximum Gasteiger partial charge on any atom is 0.122 e. The van der Waals surface area contributed by atoms with E-state index in [2.05, 4.69) is 23.9 Å². The van der Waals surface area contributed by atoms with E-state index in [1.54, 1.807) is 6.07 Å². The van der Waals surface area contributed by atoms with Crippen molar-refractivity contribution in [1.82, 2.24) is 4.90 Å². The summed E-state index contributed by atoms with van der Waals surface area (Å²) in [6.45, 7) is 3.90. The molecule has 4 nitrogen and oxygen atoms in total. The van der Waals surface area contributed by atoms with Crippen LogP contribution in [0.2, 0.25) is 0 Å². The fourth-order valence-electron chi connectivity index (χ4n) is 1.91. The van der Waals surface area contributed by atoms with Gasteiger partial charge in [-0.25, -0.2) is 0 Å². The van der Waals surface area contributed by atoms with Gasteiger partial charge in [0.1, 0.15) is 5.75 Å². The van der Waals surface area contributed by atoms with Gasteiger partial charge in [-0.2, -0.15) is 0 Å². The van der Waals surface area contributed by atoms with Crippen LogP contribution in [-0.4, -0.2) is 44.2 Å². The molecule has 4 heteroatoms. The molecule has 0 aliphatic heterocycles. The molecule has 1 aromatic carbocycles. The molecule has 0 radical (unpaired) electrons. The third kappa shape index (κ3) is 4.20. The molecule has 0 fully saturated rings. The van der Waals surface area contributed by atoms with Crippen LogP contribution in [0.25, 0.3) is 0 Å². The van der Waals surface area contributed by atoms with Crippen LogP contribution in [0.1, 0.15) is 24.9 Å². The lowest BCUT2D eigenvalue weighted by Gasteiger charge is -2.21. The molecule has 18 heavy (non-hydrogen) atoms. The summed E-state index contributed by atoms with van der Waals surface area (Å²) in [7, 11) is 6.18. The second kappa shape index (κ2) is 6.61. The average Bonchev–Trinajstić information content (AvgIpc) is 2.27. The van der Waals surface area contributed by atoms with Crippen molar-refractivity contribution in [2.24, 2.45) is 5.73 Å². The molecule has 0 aliphatic rings. The Morgan fingerprint density at radius 3 is 2.39 bits per heavy atom. The number of rotatable bonds is 6. The minimum absolute atomic E-state index is 0.141. The van der Waals surface area contributed by atoms with Gasteiger partial charge in [0, 0.05) is 37.0 Å². The molecule has 1 unspecified atom stereocenters. The smallest absolute Gasteiger partial charge is 0.122 e. The van der Waals surface area contributed by atoms with E-state index >= 15 is 0 Å². The first-order chi connectivity index (χ1) is 8.41. The lowest BCUT2D eigenvalue weighted by atomic mass is 10.1. The van der Waals surface area contributed by atoms with Crippen LogP contribution in [0.3, 0.4) is 0 Å². The Hall–Kier alpha value is -1.26. The highest BCUT2D eigenvalue weighted by Gasteiger charge is 2.08. The van der Waals surface area contributed by atoms with Crippen LogP contribution < -0.4 is 10.6 Å². The number of anilines is 1. The van der Waals surface area contributed by atoms with E-state index < -0.39 is 0 Å². The van der Waals surface area contributed by atoms with Crippen LogP contribution >= 0.6 is 0 Å². The quantitative estimate of drug-likeness (QED) is 0.809. The summed E-state index contributed by atoms with van der Waals surface area (Å²) in [5, 5.41) is 9.91. The van der Waals surface area contributed by atoms with E-state index in [1.165, 1.54) is 0 Å². The molecule has 102 valence electrons. The zero-order valence-corrected chi connectivity index (χ0v) is 11.8. The van der Waals surface area contributed by atoms with Crippen LogP contribution in [0, 0.1) is 0 Å². The van der Waals surface area contributed by atoms with Crippen molar-refractivity contribution in [2.75, 3.05) is 39.1 Å². The number of hydrogen-bond donors (Lipinski definition) is 2. The van der Waals surface area contributed by atoms with E-state index in [1.807, 2.05) is 26.1 Å². The maximum atomic E-state index is 9.91. The predicted molar refractivity (Wildman–Crippen MR) is 77.2 cm³/mol. The Labute approximate surface area is 110 Å². The van der Waals surface area contributed by atoms with E-state index in [-0.39, 0.29) is 11.8 Å². The van der Waals surface area contributed by atoms with Crippen LogP contribution in [0.5, 0.6) is 5.75 Å². The van der Waals surface area contributed by atoms with Gasteiger partial charge in [0.15, 0.2) is 0 Å². The van der Waals surface area contributed by atoms with Crippen molar-refractivity contribution in [1.29, 1.82) is 0 Å². The summed E-state index contributed by atoms with van der Waals surface area (Å²) >= 11 is 0. The molecule has 0 saturated carbocycles. The van der Waals surface area contributed by atoms with Crippen molar-refractivity contribution in [3.63, 3.8) is 0 Å². The monoisotopic (exact) mass is 251 g/mol. The summed E-state index contributed by atoms with van der Waals surface area (Å²) < 4.78 is 0. The Kier molecular flexibility index (Phi) is 5.44. The van der Waals surface area contributed by atoms with Gasteiger partial charge in [0.05, 0.1) is 0 Å². The highest BCUT2D eigenvalue weighted by Crippen LogP contribution is 2.27. The Morgan fingerprint density at radius 1 is 1.22 bits per heavy atom. The molecule has 1 rings (SSSR count). The van der Waals surface area contributed by atoms with Crippen LogP contribution in [-0.2, 0) is 0 Å². The molecule has 1 aromatic rings. The van der Waals surface area contributed by atoms with Gasteiger partial charge in [-0.3, -0.25) is 0 Å². The second-order valence-corrected chi connectivity index (χ2v) is 5.11. The van der Waals surface area contributed by atoms with Gasteiger partial charge >= 0.3 is 0 Å². The molecule has 0 aromatic heterocycles. The lowest BCUT2D eigenvalue weighted by Crippen LogP contribution is -2.23. The Balaban J connectivity index is 2.63. The summed E-state index contributed by atoms with van der Waals surface area (Å²) in [5.41, 5.74) is 7.59. The average molecular weight is 251 g/mol. The predicted octanol–water partition coefficient (Wildman–Crippen LogP) is 1.80. The van der Waals surface area contributed by atoms with Gasteiger partial charge in [0.2, 0.25) is 0 Å². The summed E-state index contributed by atoms with van der Waals surface area (Å²) in [6, 6.07) is 5.55. The van der Waals surface area contributed by atoms with Crippen molar-refractivity contribution in [3.05, 3.63) is 23.8 Å². The third-order valence-corrected chi connectivity index (χ3v) is 3.04. The van der Waals surface area contributed by atoms with Gasteiger partial charge in [-0.15, -0.1) is 0 Å². The van der Waals surface area contributed by atoms with E-state index in [9.17, 15) is 5.11 Å². The van der Waals surface area contributed by atoms with E-state index in [0.717, 1.165) is 30.8 Å². The summed E-state index contributed by atoms with van der Waals surface area (Å²) in [6.07, 6.45) is 1.10. The minimum atomic E-state index is -0.141. The number of aromatic hydroxyl groups is 1. The molecule has 0 aliphatic carbocycles. The molecule has 0 amide bonds. The Morgan fingerprint density at radius 2 is 1.89 bits per heavy atom. The fourth-order valence-corrected chi connectivity index (χ4v) is 1.91. The topological polar surface area (TPSA) is 52.7 Å². The number of nitrogens with zero attached hydrogens (tertiary/aromatic N) is 2. The summed E-state index contributed by atoms with van der Waals surface area (Å²) in [4.78, 5) is 4.32. The lowest BCUT2D eigenvalue weighted by molar-refractivity contribution is 0.401. The zero-order chi connectivity index (χ0) is 13.7. The first-order valence-corrected chi connectivity index (χ1v) is 6.36. The fraction of sp³-hybridized carbons (Fsp3) is 0.571. The minimum Gasteiger partial charge on any atom is -0.508 e.